The molecule has 0 atom stereocenters. The van der Waals surface area contributed by atoms with Crippen molar-refractivity contribution < 1.29 is 4.42 Å². The van der Waals surface area contributed by atoms with Crippen molar-refractivity contribution in [3.63, 3.8) is 0 Å². The van der Waals surface area contributed by atoms with Crippen LogP contribution in [0.2, 0.25) is 0 Å². The van der Waals surface area contributed by atoms with Crippen LogP contribution >= 0.6 is 11.3 Å². The molecule has 0 unspecified atom stereocenters. The summed E-state index contributed by atoms with van der Waals surface area (Å²) in [5.74, 6) is 0. The molecule has 0 N–H and O–H groups in total. The maximum Gasteiger partial charge on any atom is 0.137 e. The zero-order valence-electron chi connectivity index (χ0n) is 29.8. The molecule has 55 heavy (non-hydrogen) atoms. The second kappa shape index (κ2) is 12.9. The number of hydrogen-bond acceptors (Lipinski definition) is 3. The van der Waals surface area contributed by atoms with Gasteiger partial charge >= 0.3 is 0 Å². The van der Waals surface area contributed by atoms with Crippen molar-refractivity contribution in [3.8, 4) is 33.4 Å². The van der Waals surface area contributed by atoms with Gasteiger partial charge in [-0.25, -0.2) is 0 Å². The second-order valence-electron chi connectivity index (χ2n) is 14.1. The fraction of sp³-hybridized carbons (Fsp3) is 0. The van der Waals surface area contributed by atoms with Crippen LogP contribution in [0.25, 0.3) is 86.3 Å². The first-order valence-electron chi connectivity index (χ1n) is 18.7. The van der Waals surface area contributed by atoms with Gasteiger partial charge in [0.1, 0.15) is 11.2 Å². The van der Waals surface area contributed by atoms with E-state index in [4.69, 9.17) is 4.42 Å². The lowest BCUT2D eigenvalue weighted by molar-refractivity contribution is 0.669. The van der Waals surface area contributed by atoms with Crippen LogP contribution in [0.15, 0.2) is 205 Å². The van der Waals surface area contributed by atoms with Crippen LogP contribution in [0, 0.1) is 0 Å². The molecular weight excluding hydrogens is 687 g/mol. The number of thiophene rings is 1. The quantitative estimate of drug-likeness (QED) is 0.170. The van der Waals surface area contributed by atoms with Crippen LogP contribution < -0.4 is 4.90 Å². The first-order chi connectivity index (χ1) is 27.2. The summed E-state index contributed by atoms with van der Waals surface area (Å²) in [4.78, 5) is 2.38. The number of rotatable bonds is 6. The van der Waals surface area contributed by atoms with Gasteiger partial charge < -0.3 is 9.32 Å². The van der Waals surface area contributed by atoms with Gasteiger partial charge in [-0.15, -0.1) is 11.3 Å². The van der Waals surface area contributed by atoms with Gasteiger partial charge in [-0.1, -0.05) is 140 Å². The van der Waals surface area contributed by atoms with E-state index in [1.54, 1.807) is 0 Å². The van der Waals surface area contributed by atoms with E-state index in [1.165, 1.54) is 58.8 Å². The maximum atomic E-state index is 6.40. The highest BCUT2D eigenvalue weighted by Gasteiger charge is 2.20. The average molecular weight is 720 g/mol. The smallest absolute Gasteiger partial charge is 0.137 e. The minimum absolute atomic E-state index is 0.871. The summed E-state index contributed by atoms with van der Waals surface area (Å²) in [5.41, 5.74) is 12.2. The molecule has 9 aromatic carbocycles. The predicted molar refractivity (Wildman–Crippen MR) is 235 cm³/mol. The fourth-order valence-electron chi connectivity index (χ4n) is 8.25. The Bertz CT molecular complexity index is 3220. The first kappa shape index (κ1) is 31.6. The zero-order chi connectivity index (χ0) is 36.3. The molecule has 0 aliphatic rings. The number of benzene rings is 9. The highest BCUT2D eigenvalue weighted by Crippen LogP contribution is 2.44. The molecule has 0 aliphatic heterocycles. The Kier molecular flexibility index (Phi) is 7.39. The monoisotopic (exact) mass is 719 g/mol. The van der Waals surface area contributed by atoms with Crippen LogP contribution in [-0.4, -0.2) is 0 Å². The maximum absolute atomic E-state index is 6.40. The van der Waals surface area contributed by atoms with Gasteiger partial charge in [-0.2, -0.15) is 0 Å². The number of hydrogen-bond donors (Lipinski definition) is 0. The molecule has 2 heterocycles. The van der Waals surface area contributed by atoms with Crippen molar-refractivity contribution in [2.45, 2.75) is 0 Å². The van der Waals surface area contributed by atoms with Crippen LogP contribution in [0.4, 0.5) is 17.1 Å². The largest absolute Gasteiger partial charge is 0.456 e. The Morgan fingerprint density at radius 3 is 1.91 bits per heavy atom. The summed E-state index contributed by atoms with van der Waals surface area (Å²) in [6.07, 6.45) is 0. The van der Waals surface area contributed by atoms with E-state index in [-0.39, 0.29) is 0 Å². The van der Waals surface area contributed by atoms with E-state index in [0.717, 1.165) is 44.6 Å². The van der Waals surface area contributed by atoms with Crippen LogP contribution in [0.3, 0.4) is 0 Å². The molecule has 258 valence electrons. The molecule has 2 aromatic heterocycles. The Labute approximate surface area is 322 Å². The molecule has 3 heteroatoms. The molecule has 0 bridgehead atoms. The molecule has 2 nitrogen and oxygen atoms in total. The van der Waals surface area contributed by atoms with Crippen molar-refractivity contribution in [2.24, 2.45) is 0 Å². The molecular formula is C52H33NOS. The zero-order valence-corrected chi connectivity index (χ0v) is 30.6. The minimum Gasteiger partial charge on any atom is -0.456 e. The molecule has 0 saturated carbocycles. The minimum atomic E-state index is 0.871. The van der Waals surface area contributed by atoms with Gasteiger partial charge in [-0.05, 0) is 105 Å². The number of furan rings is 1. The van der Waals surface area contributed by atoms with Gasteiger partial charge in [-0.3, -0.25) is 0 Å². The van der Waals surface area contributed by atoms with Crippen LogP contribution in [-0.2, 0) is 0 Å². The molecule has 11 aromatic rings. The van der Waals surface area contributed by atoms with Crippen molar-refractivity contribution >= 4 is 81.3 Å². The number of nitrogens with zero attached hydrogens (tertiary/aromatic N) is 1. The SMILES string of the molecule is c1cc(-c2cccc(N(c3ccc(-c4ccc5c(c4)sc4ccccc45)cc3)c3cccc4oc5ccccc5c34)c2)cc(-c2cccc3ccccc23)c1. The standard InChI is InChI=1S/C52H33NOS/c1-2-17-42-35(11-1)12-9-20-43(42)39-15-7-13-36(31-39)37-14-8-16-41(32-37)53(47-21-10-23-49-52(47)46-19-3-5-22-48(46)54-49)40-28-25-34(26-29-40)38-27-30-45-44-18-4-6-24-50(44)55-51(45)33-38/h1-33H. The number of anilines is 3. The van der Waals surface area contributed by atoms with Gasteiger partial charge in [0.25, 0.3) is 0 Å². The van der Waals surface area contributed by atoms with Gasteiger partial charge in [0.05, 0.1) is 11.1 Å². The van der Waals surface area contributed by atoms with E-state index in [2.05, 4.69) is 199 Å². The van der Waals surface area contributed by atoms with Gasteiger partial charge in [0.15, 0.2) is 0 Å². The summed E-state index contributed by atoms with van der Waals surface area (Å²) in [5, 5.41) is 7.34. The normalized spacial score (nSPS) is 11.6. The van der Waals surface area contributed by atoms with E-state index in [1.807, 2.05) is 17.4 Å². The summed E-state index contributed by atoms with van der Waals surface area (Å²) in [6.45, 7) is 0. The van der Waals surface area contributed by atoms with Crippen LogP contribution in [0.1, 0.15) is 0 Å². The highest BCUT2D eigenvalue weighted by molar-refractivity contribution is 7.25. The summed E-state index contributed by atoms with van der Waals surface area (Å²) < 4.78 is 9.03. The van der Waals surface area contributed by atoms with E-state index in [9.17, 15) is 0 Å². The molecule has 0 aliphatic carbocycles. The second-order valence-corrected chi connectivity index (χ2v) is 15.2. The molecule has 0 radical (unpaired) electrons. The van der Waals surface area contributed by atoms with Crippen molar-refractivity contribution in [1.82, 2.24) is 0 Å². The van der Waals surface area contributed by atoms with Crippen molar-refractivity contribution in [2.75, 3.05) is 4.90 Å². The third-order valence-electron chi connectivity index (χ3n) is 10.9. The van der Waals surface area contributed by atoms with E-state index >= 15 is 0 Å². The average Bonchev–Trinajstić information content (AvgIpc) is 3.83. The molecule has 0 amide bonds. The fourth-order valence-corrected chi connectivity index (χ4v) is 9.39. The lowest BCUT2D eigenvalue weighted by Crippen LogP contribution is -2.10. The van der Waals surface area contributed by atoms with Crippen molar-refractivity contribution in [1.29, 1.82) is 0 Å². The van der Waals surface area contributed by atoms with Gasteiger partial charge in [0, 0.05) is 36.9 Å². The summed E-state index contributed by atoms with van der Waals surface area (Å²) in [6, 6.07) is 72.2. The predicted octanol–water partition coefficient (Wildman–Crippen LogP) is 15.6. The highest BCUT2D eigenvalue weighted by atomic mass is 32.1. The lowest BCUT2D eigenvalue weighted by Gasteiger charge is -2.27. The van der Waals surface area contributed by atoms with E-state index in [0.29, 0.717) is 0 Å². The molecule has 0 fully saturated rings. The number of fused-ring (bicyclic) bond motifs is 7. The van der Waals surface area contributed by atoms with Gasteiger partial charge in [0.2, 0.25) is 0 Å². The Morgan fingerprint density at radius 1 is 0.364 bits per heavy atom. The van der Waals surface area contributed by atoms with E-state index < -0.39 is 0 Å². The Morgan fingerprint density at radius 2 is 1.00 bits per heavy atom. The molecule has 11 rings (SSSR count). The number of para-hydroxylation sites is 1. The first-order valence-corrected chi connectivity index (χ1v) is 19.5. The molecule has 0 spiro atoms. The van der Waals surface area contributed by atoms with Crippen LogP contribution in [0.5, 0.6) is 0 Å². The van der Waals surface area contributed by atoms with Crippen molar-refractivity contribution in [3.05, 3.63) is 200 Å². The summed E-state index contributed by atoms with van der Waals surface area (Å²) in [7, 11) is 0. The third kappa shape index (κ3) is 5.40. The molecule has 0 saturated heterocycles. The topological polar surface area (TPSA) is 16.4 Å². The summed E-state index contributed by atoms with van der Waals surface area (Å²) >= 11 is 1.86. The Balaban J connectivity index is 1.04. The third-order valence-corrected chi connectivity index (χ3v) is 12.0. The Hall–Kier alpha value is -6.94. The lowest BCUT2D eigenvalue weighted by atomic mass is 9.95.